The second-order valence-electron chi connectivity index (χ2n) is 8.10. The molecule has 4 rings (SSSR count). The van der Waals surface area contributed by atoms with Crippen LogP contribution in [0.2, 0.25) is 5.02 Å². The van der Waals surface area contributed by atoms with E-state index in [9.17, 15) is 14.0 Å². The number of thioether (sulfide) groups is 1. The molecule has 6 nitrogen and oxygen atoms in total. The van der Waals surface area contributed by atoms with Gasteiger partial charge in [-0.15, -0.1) is 11.8 Å². The maximum atomic E-state index is 13.1. The van der Waals surface area contributed by atoms with E-state index in [1.54, 1.807) is 18.2 Å². The monoisotopic (exact) mass is 476 g/mol. The van der Waals surface area contributed by atoms with Crippen LogP contribution in [0.4, 0.5) is 4.39 Å². The zero-order valence-electron chi connectivity index (χ0n) is 17.5. The van der Waals surface area contributed by atoms with Crippen LogP contribution in [0.1, 0.15) is 17.5 Å². The van der Waals surface area contributed by atoms with E-state index in [0.29, 0.717) is 24.7 Å². The summed E-state index contributed by atoms with van der Waals surface area (Å²) in [6.45, 7) is 2.57. The smallest absolute Gasteiger partial charge is 0.230 e. The number of carbonyl (C=O) groups is 2. The summed E-state index contributed by atoms with van der Waals surface area (Å²) in [6, 6.07) is 14.0. The number of benzene rings is 2. The quantitative estimate of drug-likeness (QED) is 0.573. The molecule has 3 atom stereocenters. The molecule has 3 N–H and O–H groups in total. The largest absolute Gasteiger partial charge is 0.351 e. The van der Waals surface area contributed by atoms with E-state index in [1.165, 1.54) is 23.9 Å². The lowest BCUT2D eigenvalue weighted by Crippen LogP contribution is -2.64. The van der Waals surface area contributed by atoms with Gasteiger partial charge in [-0.25, -0.2) is 4.39 Å². The number of hydrogen-bond acceptors (Lipinski definition) is 5. The number of rotatable bonds is 7. The second-order valence-corrected chi connectivity index (χ2v) is 9.60. The van der Waals surface area contributed by atoms with Gasteiger partial charge in [-0.3, -0.25) is 19.8 Å². The lowest BCUT2D eigenvalue weighted by molar-refractivity contribution is -0.130. The lowest BCUT2D eigenvalue weighted by atomic mass is 9.89. The highest BCUT2D eigenvalue weighted by molar-refractivity contribution is 8.00. The van der Waals surface area contributed by atoms with Crippen LogP contribution >= 0.6 is 23.4 Å². The molecular formula is C23H26ClFN4O2S. The van der Waals surface area contributed by atoms with Crippen molar-refractivity contribution in [2.45, 2.75) is 31.0 Å². The molecule has 32 heavy (non-hydrogen) atoms. The van der Waals surface area contributed by atoms with E-state index >= 15 is 0 Å². The second kappa shape index (κ2) is 10.7. The molecule has 9 heteroatoms. The fourth-order valence-corrected chi connectivity index (χ4v) is 5.18. The summed E-state index contributed by atoms with van der Waals surface area (Å²) in [5.74, 6) is -0.260. The number of nitrogens with zero attached hydrogens (tertiary/aromatic N) is 1. The molecule has 2 aromatic rings. The van der Waals surface area contributed by atoms with Crippen molar-refractivity contribution >= 4 is 35.2 Å². The third-order valence-electron chi connectivity index (χ3n) is 5.81. The maximum Gasteiger partial charge on any atom is 0.230 e. The molecule has 0 spiro atoms. The predicted octanol–water partition coefficient (Wildman–Crippen LogP) is 2.72. The van der Waals surface area contributed by atoms with Crippen LogP contribution < -0.4 is 16.0 Å². The number of fused-ring (bicyclic) bond motifs is 1. The summed E-state index contributed by atoms with van der Waals surface area (Å²) < 4.78 is 13.1. The first-order valence-electron chi connectivity index (χ1n) is 10.6. The van der Waals surface area contributed by atoms with Gasteiger partial charge in [0, 0.05) is 37.2 Å². The first kappa shape index (κ1) is 23.0. The van der Waals surface area contributed by atoms with Crippen LogP contribution in [0.15, 0.2) is 48.5 Å². The standard InChI is InChI=1S/C23H26ClFN4O2S/c24-19-4-2-1-3-16(19)11-26-21(30)14-32-23-27-20-9-10-29(13-18(20)22(31)28-23)12-15-5-7-17(25)8-6-15/h1-8,18,20,23,27H,9-14H2,(H,26,30)(H,28,31). The number of piperidine rings is 1. The molecule has 2 aliphatic rings. The van der Waals surface area contributed by atoms with Gasteiger partial charge in [-0.2, -0.15) is 0 Å². The van der Waals surface area contributed by atoms with Crippen LogP contribution in [0.5, 0.6) is 0 Å². The fourth-order valence-electron chi connectivity index (χ4n) is 4.08. The number of amides is 2. The van der Waals surface area contributed by atoms with Crippen LogP contribution in [0.25, 0.3) is 0 Å². The van der Waals surface area contributed by atoms with Crippen molar-refractivity contribution in [3.8, 4) is 0 Å². The predicted molar refractivity (Wildman–Crippen MR) is 124 cm³/mol. The molecule has 3 unspecified atom stereocenters. The van der Waals surface area contributed by atoms with Crippen LogP contribution in [-0.4, -0.2) is 47.1 Å². The number of nitrogens with one attached hydrogen (secondary N) is 3. The van der Waals surface area contributed by atoms with E-state index in [0.717, 1.165) is 24.1 Å². The normalized spacial score (nSPS) is 23.3. The summed E-state index contributed by atoms with van der Waals surface area (Å²) in [4.78, 5) is 27.2. The molecule has 2 heterocycles. The zero-order chi connectivity index (χ0) is 22.5. The topological polar surface area (TPSA) is 73.5 Å². The molecule has 0 aromatic heterocycles. The van der Waals surface area contributed by atoms with Gasteiger partial charge in [-0.1, -0.05) is 41.9 Å². The molecule has 2 fully saturated rings. The first-order valence-corrected chi connectivity index (χ1v) is 12.1. The molecule has 2 saturated heterocycles. The number of halogens is 2. The molecule has 2 amide bonds. The van der Waals surface area contributed by atoms with Crippen molar-refractivity contribution in [2.75, 3.05) is 18.8 Å². The van der Waals surface area contributed by atoms with E-state index in [2.05, 4.69) is 20.9 Å². The highest BCUT2D eigenvalue weighted by Crippen LogP contribution is 2.25. The van der Waals surface area contributed by atoms with Gasteiger partial charge >= 0.3 is 0 Å². The van der Waals surface area contributed by atoms with Crippen molar-refractivity contribution in [3.63, 3.8) is 0 Å². The maximum absolute atomic E-state index is 13.1. The zero-order valence-corrected chi connectivity index (χ0v) is 19.1. The van der Waals surface area contributed by atoms with Gasteiger partial charge < -0.3 is 10.6 Å². The van der Waals surface area contributed by atoms with Crippen LogP contribution in [-0.2, 0) is 22.7 Å². The van der Waals surface area contributed by atoms with E-state index in [4.69, 9.17) is 11.6 Å². The van der Waals surface area contributed by atoms with E-state index in [-0.39, 0.29) is 40.8 Å². The Kier molecular flexibility index (Phi) is 7.67. The molecule has 170 valence electrons. The first-order chi connectivity index (χ1) is 15.5. The highest BCUT2D eigenvalue weighted by Gasteiger charge is 2.39. The Balaban J connectivity index is 1.22. The SMILES string of the molecule is O=C(CSC1NC(=O)C2CN(Cc3ccc(F)cc3)CCC2N1)NCc1ccccc1Cl. The molecular weight excluding hydrogens is 451 g/mol. The number of carbonyl (C=O) groups excluding carboxylic acids is 2. The lowest BCUT2D eigenvalue weighted by Gasteiger charge is -2.43. The van der Waals surface area contributed by atoms with Crippen molar-refractivity contribution < 1.29 is 14.0 Å². The number of hydrogen-bond donors (Lipinski definition) is 3. The number of likely N-dealkylation sites (tertiary alicyclic amines) is 1. The van der Waals surface area contributed by atoms with Crippen molar-refractivity contribution in [1.82, 2.24) is 20.9 Å². The Morgan fingerprint density at radius 3 is 2.78 bits per heavy atom. The Morgan fingerprint density at radius 2 is 2.00 bits per heavy atom. The van der Waals surface area contributed by atoms with Crippen molar-refractivity contribution in [2.24, 2.45) is 5.92 Å². The highest BCUT2D eigenvalue weighted by atomic mass is 35.5. The summed E-state index contributed by atoms with van der Waals surface area (Å²) in [7, 11) is 0. The fraction of sp³-hybridized carbons (Fsp3) is 0.391. The Hall–Kier alpha value is -2.13. The molecule has 0 saturated carbocycles. The van der Waals surface area contributed by atoms with Gasteiger partial charge in [-0.05, 0) is 35.7 Å². The van der Waals surface area contributed by atoms with Crippen LogP contribution in [0, 0.1) is 11.7 Å². The third-order valence-corrected chi connectivity index (χ3v) is 7.19. The summed E-state index contributed by atoms with van der Waals surface area (Å²) in [5.41, 5.74) is 1.61. The molecule has 0 bridgehead atoms. The summed E-state index contributed by atoms with van der Waals surface area (Å²) in [6.07, 6.45) is 0.842. The third kappa shape index (κ3) is 6.01. The van der Waals surface area contributed by atoms with Crippen molar-refractivity contribution in [1.29, 1.82) is 0 Å². The molecule has 0 radical (unpaired) electrons. The van der Waals surface area contributed by atoms with E-state index in [1.807, 2.05) is 18.2 Å². The summed E-state index contributed by atoms with van der Waals surface area (Å²) >= 11 is 7.49. The average molecular weight is 477 g/mol. The minimum absolute atomic E-state index is 0.00605. The Morgan fingerprint density at radius 1 is 1.22 bits per heavy atom. The van der Waals surface area contributed by atoms with Crippen LogP contribution in [0.3, 0.4) is 0 Å². The molecule has 2 aromatic carbocycles. The van der Waals surface area contributed by atoms with E-state index < -0.39 is 0 Å². The van der Waals surface area contributed by atoms with Gasteiger partial charge in [0.1, 0.15) is 11.3 Å². The minimum Gasteiger partial charge on any atom is -0.351 e. The summed E-state index contributed by atoms with van der Waals surface area (Å²) in [5, 5.41) is 9.94. The van der Waals surface area contributed by atoms with Crippen molar-refractivity contribution in [3.05, 3.63) is 70.5 Å². The minimum atomic E-state index is -0.293. The van der Waals surface area contributed by atoms with Gasteiger partial charge in [0.2, 0.25) is 11.8 Å². The van der Waals surface area contributed by atoms with Gasteiger partial charge in [0.15, 0.2) is 0 Å². The molecule has 2 aliphatic heterocycles. The van der Waals surface area contributed by atoms with Gasteiger partial charge in [0.05, 0.1) is 11.7 Å². The molecule has 0 aliphatic carbocycles. The average Bonchev–Trinajstić information content (AvgIpc) is 2.79. The van der Waals surface area contributed by atoms with Gasteiger partial charge in [0.25, 0.3) is 0 Å². The Bertz CT molecular complexity index is 961. The Labute approximate surface area is 196 Å².